The molecule has 1 atom stereocenters. The number of likely N-dealkylation sites (N-methyl/N-ethyl adjacent to an activating group) is 1. The van der Waals surface area contributed by atoms with E-state index in [2.05, 4.69) is 25.2 Å². The molecule has 0 saturated carbocycles. The predicted octanol–water partition coefficient (Wildman–Crippen LogP) is 2.78. The smallest absolute Gasteiger partial charge is 0.417 e. The fourth-order valence-corrected chi connectivity index (χ4v) is 3.38. The Morgan fingerprint density at radius 2 is 2.03 bits per heavy atom. The van der Waals surface area contributed by atoms with E-state index in [9.17, 15) is 13.2 Å². The lowest BCUT2D eigenvalue weighted by Gasteiger charge is -2.20. The van der Waals surface area contributed by atoms with Crippen LogP contribution in [0.25, 0.3) is 17.0 Å². The van der Waals surface area contributed by atoms with Crippen LogP contribution >= 0.6 is 0 Å². The molecule has 0 aliphatic carbocycles. The Kier molecular flexibility index (Phi) is 8.45. The van der Waals surface area contributed by atoms with E-state index >= 15 is 0 Å². The number of hydrazine groups is 1. The zero-order valence-corrected chi connectivity index (χ0v) is 20.3. The number of ether oxygens (including phenoxy) is 1. The van der Waals surface area contributed by atoms with E-state index in [0.29, 0.717) is 28.9 Å². The second-order valence-corrected chi connectivity index (χ2v) is 7.79. The number of aromatic nitrogens is 3. The number of aliphatic imine (C=N–C) groups is 1. The van der Waals surface area contributed by atoms with Crippen molar-refractivity contribution in [3.05, 3.63) is 65.8 Å². The third-order valence-electron chi connectivity index (χ3n) is 5.35. The summed E-state index contributed by atoms with van der Waals surface area (Å²) >= 11 is 0. The standard InChI is InChI=1S/C23H26F3N9O2/c1-13(21(33-28)35(3)29)14-5-4-6-15(9-14)20-32-22(37-34-20)17(10-27)18(30-2)12-36-19-8-7-16(11-31-19)23(24,25)26/h4-11,13H,12,27-29H2,1-3H3/b17-10+,30-18?,33-21-. The number of benzene rings is 1. The Morgan fingerprint density at radius 1 is 1.27 bits per heavy atom. The van der Waals surface area contributed by atoms with E-state index in [-0.39, 0.29) is 30.1 Å². The van der Waals surface area contributed by atoms with Crippen molar-refractivity contribution in [1.82, 2.24) is 20.1 Å². The largest absolute Gasteiger partial charge is 0.471 e. The summed E-state index contributed by atoms with van der Waals surface area (Å²) in [7, 11) is 3.14. The highest BCUT2D eigenvalue weighted by Gasteiger charge is 2.30. The van der Waals surface area contributed by atoms with Gasteiger partial charge in [0.15, 0.2) is 0 Å². The van der Waals surface area contributed by atoms with Crippen LogP contribution in [-0.2, 0) is 6.18 Å². The van der Waals surface area contributed by atoms with Gasteiger partial charge in [0, 0.05) is 44.0 Å². The van der Waals surface area contributed by atoms with Gasteiger partial charge in [0.05, 0.1) is 16.8 Å². The third-order valence-corrected chi connectivity index (χ3v) is 5.35. The molecule has 11 nitrogen and oxygen atoms in total. The molecule has 3 rings (SSSR count). The van der Waals surface area contributed by atoms with Gasteiger partial charge in [-0.3, -0.25) is 10.0 Å². The van der Waals surface area contributed by atoms with E-state index in [1.807, 2.05) is 25.1 Å². The Hall–Kier alpha value is -4.46. The highest BCUT2D eigenvalue weighted by Crippen LogP contribution is 2.29. The van der Waals surface area contributed by atoms with Crippen molar-refractivity contribution in [2.45, 2.75) is 19.0 Å². The van der Waals surface area contributed by atoms with E-state index in [0.717, 1.165) is 17.7 Å². The van der Waals surface area contributed by atoms with Crippen LogP contribution in [0, 0.1) is 0 Å². The number of nitrogens with zero attached hydrogens (tertiary/aromatic N) is 6. The molecular weight excluding hydrogens is 491 g/mol. The molecule has 6 N–H and O–H groups in total. The molecule has 0 aliphatic heterocycles. The van der Waals surface area contributed by atoms with Gasteiger partial charge in [-0.2, -0.15) is 23.3 Å². The summed E-state index contributed by atoms with van der Waals surface area (Å²) in [6.07, 6.45) is -2.58. The average Bonchev–Trinajstić information content (AvgIpc) is 3.36. The van der Waals surface area contributed by atoms with Crippen LogP contribution in [0.15, 0.2) is 63.4 Å². The number of hydrogen-bond acceptors (Lipinski definition) is 10. The zero-order chi connectivity index (χ0) is 27.2. The molecule has 14 heteroatoms. The second kappa shape index (κ2) is 11.5. The molecule has 37 heavy (non-hydrogen) atoms. The summed E-state index contributed by atoms with van der Waals surface area (Å²) in [5.74, 6) is 11.9. The van der Waals surface area contributed by atoms with Gasteiger partial charge in [-0.25, -0.2) is 10.8 Å². The molecule has 2 aromatic heterocycles. The maximum absolute atomic E-state index is 12.7. The van der Waals surface area contributed by atoms with Crippen LogP contribution in [0.4, 0.5) is 13.2 Å². The van der Waals surface area contributed by atoms with Gasteiger partial charge in [-0.05, 0) is 17.7 Å². The molecule has 196 valence electrons. The number of alkyl halides is 3. The van der Waals surface area contributed by atoms with Crippen molar-refractivity contribution in [1.29, 1.82) is 0 Å². The van der Waals surface area contributed by atoms with Crippen molar-refractivity contribution in [2.24, 2.45) is 27.5 Å². The topological polar surface area (TPSA) is 167 Å². The Bertz CT molecular complexity index is 1300. The van der Waals surface area contributed by atoms with Crippen molar-refractivity contribution >= 4 is 17.1 Å². The molecule has 1 aromatic carbocycles. The van der Waals surface area contributed by atoms with Crippen LogP contribution < -0.4 is 22.2 Å². The number of pyridine rings is 1. The summed E-state index contributed by atoms with van der Waals surface area (Å²) in [5.41, 5.74) is 7.05. The number of rotatable bonds is 8. The molecule has 0 saturated heterocycles. The summed E-state index contributed by atoms with van der Waals surface area (Å²) in [5, 5.41) is 9.13. The van der Waals surface area contributed by atoms with Crippen LogP contribution in [0.2, 0.25) is 0 Å². The maximum atomic E-state index is 12.7. The first-order valence-corrected chi connectivity index (χ1v) is 10.8. The van der Waals surface area contributed by atoms with Gasteiger partial charge >= 0.3 is 6.18 Å². The van der Waals surface area contributed by atoms with Crippen molar-refractivity contribution < 1.29 is 22.4 Å². The normalized spacial score (nSPS) is 14.0. The Labute approximate surface area is 210 Å². The highest BCUT2D eigenvalue weighted by molar-refractivity contribution is 6.23. The highest BCUT2D eigenvalue weighted by atomic mass is 19.4. The van der Waals surface area contributed by atoms with Crippen molar-refractivity contribution in [3.63, 3.8) is 0 Å². The molecule has 0 bridgehead atoms. The molecule has 3 aromatic rings. The van der Waals surface area contributed by atoms with Gasteiger partial charge in [-0.1, -0.05) is 30.3 Å². The zero-order valence-electron chi connectivity index (χ0n) is 20.3. The number of amidine groups is 1. The molecule has 1 unspecified atom stereocenters. The van der Waals surface area contributed by atoms with Gasteiger partial charge < -0.3 is 20.8 Å². The minimum Gasteiger partial charge on any atom is -0.471 e. The number of halogens is 3. The molecule has 2 heterocycles. The lowest BCUT2D eigenvalue weighted by atomic mass is 9.97. The van der Waals surface area contributed by atoms with Gasteiger partial charge in [0.2, 0.25) is 11.7 Å². The fourth-order valence-electron chi connectivity index (χ4n) is 3.38. The molecule has 0 spiro atoms. The molecule has 0 radical (unpaired) electrons. The van der Waals surface area contributed by atoms with Crippen molar-refractivity contribution in [3.8, 4) is 17.3 Å². The van der Waals surface area contributed by atoms with E-state index in [1.54, 1.807) is 13.1 Å². The number of hydrogen-bond donors (Lipinski definition) is 3. The van der Waals surface area contributed by atoms with Gasteiger partial charge in [-0.15, -0.1) is 0 Å². The predicted molar refractivity (Wildman–Crippen MR) is 132 cm³/mol. The molecule has 0 amide bonds. The van der Waals surface area contributed by atoms with Crippen LogP contribution in [-0.4, -0.2) is 52.4 Å². The summed E-state index contributed by atoms with van der Waals surface area (Å²) in [6, 6.07) is 9.36. The third kappa shape index (κ3) is 6.41. The lowest BCUT2D eigenvalue weighted by molar-refractivity contribution is -0.137. The number of nitrogens with two attached hydrogens (primary N) is 3. The monoisotopic (exact) mass is 517 g/mol. The summed E-state index contributed by atoms with van der Waals surface area (Å²) < 4.78 is 49.1. The first kappa shape index (κ1) is 27.1. The first-order valence-electron chi connectivity index (χ1n) is 10.8. The fraction of sp³-hybridized carbons (Fsp3) is 0.261. The quantitative estimate of drug-likeness (QED) is 0.176. The van der Waals surface area contributed by atoms with E-state index < -0.39 is 11.7 Å². The first-order chi connectivity index (χ1) is 17.6. The Morgan fingerprint density at radius 3 is 2.59 bits per heavy atom. The van der Waals surface area contributed by atoms with Crippen LogP contribution in [0.5, 0.6) is 5.88 Å². The summed E-state index contributed by atoms with van der Waals surface area (Å²) in [6.45, 7) is 1.75. The minimum atomic E-state index is -4.49. The van der Waals surface area contributed by atoms with Gasteiger partial charge in [0.25, 0.3) is 5.89 Å². The Balaban J connectivity index is 1.78. The summed E-state index contributed by atoms with van der Waals surface area (Å²) in [4.78, 5) is 12.2. The van der Waals surface area contributed by atoms with Crippen LogP contribution in [0.3, 0.4) is 0 Å². The average molecular weight is 518 g/mol. The lowest BCUT2D eigenvalue weighted by Crippen LogP contribution is -2.37. The second-order valence-electron chi connectivity index (χ2n) is 7.79. The van der Waals surface area contributed by atoms with E-state index in [1.165, 1.54) is 18.3 Å². The molecule has 0 aliphatic rings. The molecule has 0 fully saturated rings. The minimum absolute atomic E-state index is 0.0220. The maximum Gasteiger partial charge on any atom is 0.417 e. The van der Waals surface area contributed by atoms with Crippen molar-refractivity contribution in [2.75, 3.05) is 20.7 Å². The SMILES string of the molecule is CN=C(COc1ccc(C(F)(F)F)cn1)/C(=C\N)c1nc(-c2cccc(C(C)/C(=N/N)N(C)N)c2)no1. The molecular formula is C23H26F3N9O2. The van der Waals surface area contributed by atoms with Gasteiger partial charge in [0.1, 0.15) is 12.4 Å². The van der Waals surface area contributed by atoms with E-state index in [4.69, 9.17) is 26.7 Å². The van der Waals surface area contributed by atoms with Crippen LogP contribution in [0.1, 0.15) is 29.9 Å². The number of hydrazone groups is 1.